The first-order valence-electron chi connectivity index (χ1n) is 8.07. The first kappa shape index (κ1) is 19.5. The van der Waals surface area contributed by atoms with Crippen LogP contribution in [0.25, 0.3) is 0 Å². The van der Waals surface area contributed by atoms with E-state index in [9.17, 15) is 13.2 Å². The maximum absolute atomic E-state index is 12.6. The van der Waals surface area contributed by atoms with Crippen molar-refractivity contribution in [2.45, 2.75) is 59.0 Å². The average molecular weight is 340 g/mol. The quantitative estimate of drug-likeness (QED) is 0.791. The third-order valence-corrected chi connectivity index (χ3v) is 4.91. The zero-order chi connectivity index (χ0) is 17.6. The summed E-state index contributed by atoms with van der Waals surface area (Å²) in [7, 11) is -3.56. The van der Waals surface area contributed by atoms with Gasteiger partial charge in [-0.15, -0.1) is 0 Å². The van der Waals surface area contributed by atoms with Crippen molar-refractivity contribution >= 4 is 21.6 Å². The number of aryl methyl sites for hydroxylation is 1. The van der Waals surface area contributed by atoms with Gasteiger partial charge in [0.05, 0.1) is 11.9 Å². The zero-order valence-corrected chi connectivity index (χ0v) is 15.5. The van der Waals surface area contributed by atoms with Crippen LogP contribution in [0.2, 0.25) is 0 Å². The van der Waals surface area contributed by atoms with E-state index in [-0.39, 0.29) is 11.9 Å². The van der Waals surface area contributed by atoms with Crippen LogP contribution in [0.15, 0.2) is 24.3 Å². The summed E-state index contributed by atoms with van der Waals surface area (Å²) in [5.74, 6) is -0.251. The summed E-state index contributed by atoms with van der Waals surface area (Å²) >= 11 is 0. The van der Waals surface area contributed by atoms with Gasteiger partial charge in [-0.2, -0.15) is 0 Å². The molecule has 0 bridgehead atoms. The molecule has 2 atom stereocenters. The van der Waals surface area contributed by atoms with Crippen LogP contribution in [0, 0.1) is 6.92 Å². The Kier molecular flexibility index (Phi) is 7.06. The highest BCUT2D eigenvalue weighted by Gasteiger charge is 2.31. The van der Waals surface area contributed by atoms with Crippen molar-refractivity contribution in [3.8, 4) is 0 Å². The molecule has 0 saturated carbocycles. The minimum Gasteiger partial charge on any atom is -0.352 e. The highest BCUT2D eigenvalue weighted by atomic mass is 32.2. The van der Waals surface area contributed by atoms with Crippen LogP contribution in [-0.2, 0) is 14.8 Å². The molecule has 130 valence electrons. The lowest BCUT2D eigenvalue weighted by Gasteiger charge is -2.31. The number of carbonyl (C=O) groups excluding carboxylic acids is 1. The third kappa shape index (κ3) is 5.53. The number of sulfonamides is 1. The lowest BCUT2D eigenvalue weighted by atomic mass is 10.1. The summed E-state index contributed by atoms with van der Waals surface area (Å²) in [5.41, 5.74) is 1.56. The Balaban J connectivity index is 3.13. The summed E-state index contributed by atoms with van der Waals surface area (Å²) in [6.07, 6.45) is 3.38. The van der Waals surface area contributed by atoms with E-state index in [1.807, 2.05) is 32.9 Å². The maximum Gasteiger partial charge on any atom is 0.244 e. The molecule has 1 amide bonds. The van der Waals surface area contributed by atoms with E-state index in [0.717, 1.165) is 24.7 Å². The summed E-state index contributed by atoms with van der Waals surface area (Å²) < 4.78 is 25.8. The molecule has 1 aromatic rings. The van der Waals surface area contributed by atoms with E-state index >= 15 is 0 Å². The van der Waals surface area contributed by atoms with Crippen molar-refractivity contribution in [2.75, 3.05) is 10.6 Å². The van der Waals surface area contributed by atoms with Crippen LogP contribution in [0.3, 0.4) is 0 Å². The van der Waals surface area contributed by atoms with Crippen molar-refractivity contribution < 1.29 is 13.2 Å². The van der Waals surface area contributed by atoms with E-state index in [1.165, 1.54) is 4.31 Å². The second-order valence-electron chi connectivity index (χ2n) is 6.02. The van der Waals surface area contributed by atoms with E-state index in [4.69, 9.17) is 0 Å². The van der Waals surface area contributed by atoms with Gasteiger partial charge >= 0.3 is 0 Å². The lowest BCUT2D eigenvalue weighted by Crippen LogP contribution is -2.51. The number of hydrogen-bond donors (Lipinski definition) is 1. The Labute approximate surface area is 140 Å². The number of amides is 1. The first-order valence-corrected chi connectivity index (χ1v) is 9.92. The number of hydrogen-bond acceptors (Lipinski definition) is 3. The summed E-state index contributed by atoms with van der Waals surface area (Å²) in [6.45, 7) is 7.74. The van der Waals surface area contributed by atoms with Gasteiger partial charge in [-0.3, -0.25) is 9.10 Å². The van der Waals surface area contributed by atoms with Gasteiger partial charge in [0, 0.05) is 6.04 Å². The van der Waals surface area contributed by atoms with Gasteiger partial charge in [0.15, 0.2) is 0 Å². The van der Waals surface area contributed by atoms with Gasteiger partial charge in [-0.05, 0) is 38.8 Å². The van der Waals surface area contributed by atoms with Crippen molar-refractivity contribution in [3.05, 3.63) is 29.8 Å². The minimum absolute atomic E-state index is 0.0287. The lowest BCUT2D eigenvalue weighted by molar-refractivity contribution is -0.122. The van der Waals surface area contributed by atoms with E-state index < -0.39 is 16.1 Å². The smallest absolute Gasteiger partial charge is 0.244 e. The molecule has 0 heterocycles. The molecule has 23 heavy (non-hydrogen) atoms. The maximum atomic E-state index is 12.6. The molecule has 0 radical (unpaired) electrons. The van der Waals surface area contributed by atoms with Gasteiger partial charge in [0.1, 0.15) is 6.04 Å². The molecular weight excluding hydrogens is 312 g/mol. The van der Waals surface area contributed by atoms with Crippen LogP contribution >= 0.6 is 0 Å². The van der Waals surface area contributed by atoms with E-state index in [2.05, 4.69) is 12.2 Å². The molecule has 0 aliphatic rings. The second kappa shape index (κ2) is 8.34. The Morgan fingerprint density at radius 1 is 1.22 bits per heavy atom. The molecule has 0 aromatic heterocycles. The second-order valence-corrected chi connectivity index (χ2v) is 7.88. The topological polar surface area (TPSA) is 66.5 Å². The fraction of sp³-hybridized carbons (Fsp3) is 0.588. The standard InChI is InChI=1S/C17H28N2O3S/c1-6-8-14(4)18-17(20)16(7-2)19(23(5,21)22)15-11-9-13(3)10-12-15/h9-12,14,16H,6-8H2,1-5H3,(H,18,20)/t14-,16+/m0/s1. The molecule has 1 rings (SSSR count). The molecule has 0 unspecified atom stereocenters. The largest absolute Gasteiger partial charge is 0.352 e. The number of nitrogens with one attached hydrogen (secondary N) is 1. The van der Waals surface area contributed by atoms with Crippen LogP contribution in [0.5, 0.6) is 0 Å². The fourth-order valence-corrected chi connectivity index (χ4v) is 3.81. The van der Waals surface area contributed by atoms with Crippen molar-refractivity contribution in [3.63, 3.8) is 0 Å². The summed E-state index contributed by atoms with van der Waals surface area (Å²) in [6, 6.07) is 6.45. The molecule has 0 aliphatic carbocycles. The number of carbonyl (C=O) groups is 1. The predicted molar refractivity (Wildman–Crippen MR) is 95.1 cm³/mol. The minimum atomic E-state index is -3.56. The summed E-state index contributed by atoms with van der Waals surface area (Å²) in [5, 5.41) is 2.92. The van der Waals surface area contributed by atoms with Crippen molar-refractivity contribution in [2.24, 2.45) is 0 Å². The number of rotatable bonds is 8. The van der Waals surface area contributed by atoms with Crippen LogP contribution in [0.4, 0.5) is 5.69 Å². The number of anilines is 1. The molecular formula is C17H28N2O3S. The van der Waals surface area contributed by atoms with Crippen LogP contribution in [0.1, 0.15) is 45.6 Å². The van der Waals surface area contributed by atoms with Gasteiger partial charge in [-0.25, -0.2) is 8.42 Å². The van der Waals surface area contributed by atoms with Gasteiger partial charge < -0.3 is 5.32 Å². The zero-order valence-electron chi connectivity index (χ0n) is 14.7. The molecule has 5 nitrogen and oxygen atoms in total. The molecule has 6 heteroatoms. The Bertz CT molecular complexity index is 611. The Hall–Kier alpha value is -1.56. The van der Waals surface area contributed by atoms with Gasteiger partial charge in [0.2, 0.25) is 15.9 Å². The third-order valence-electron chi connectivity index (χ3n) is 3.73. The molecule has 1 N–H and O–H groups in total. The van der Waals surface area contributed by atoms with Gasteiger partial charge in [0.25, 0.3) is 0 Å². The van der Waals surface area contributed by atoms with E-state index in [0.29, 0.717) is 12.1 Å². The monoisotopic (exact) mass is 340 g/mol. The molecule has 0 aliphatic heterocycles. The summed E-state index contributed by atoms with van der Waals surface area (Å²) in [4.78, 5) is 12.6. The Morgan fingerprint density at radius 3 is 2.22 bits per heavy atom. The SMILES string of the molecule is CCC[C@H](C)NC(=O)[C@@H](CC)N(c1ccc(C)cc1)S(C)(=O)=O. The average Bonchev–Trinajstić information content (AvgIpc) is 2.44. The normalized spacial score (nSPS) is 14.1. The van der Waals surface area contributed by atoms with Crippen molar-refractivity contribution in [1.82, 2.24) is 5.32 Å². The highest BCUT2D eigenvalue weighted by Crippen LogP contribution is 2.23. The Morgan fingerprint density at radius 2 is 1.78 bits per heavy atom. The highest BCUT2D eigenvalue weighted by molar-refractivity contribution is 7.92. The molecule has 0 fully saturated rings. The molecule has 0 spiro atoms. The van der Waals surface area contributed by atoms with Crippen LogP contribution < -0.4 is 9.62 Å². The van der Waals surface area contributed by atoms with Crippen molar-refractivity contribution in [1.29, 1.82) is 0 Å². The predicted octanol–water partition coefficient (Wildman–Crippen LogP) is 2.84. The fourth-order valence-electron chi connectivity index (χ4n) is 2.60. The molecule has 0 saturated heterocycles. The first-order chi connectivity index (χ1) is 10.7. The number of benzene rings is 1. The number of nitrogens with zero attached hydrogens (tertiary/aromatic N) is 1. The van der Waals surface area contributed by atoms with Gasteiger partial charge in [-0.1, -0.05) is 38.0 Å². The molecule has 1 aromatic carbocycles. The van der Waals surface area contributed by atoms with E-state index in [1.54, 1.807) is 12.1 Å². The van der Waals surface area contributed by atoms with Crippen LogP contribution in [-0.4, -0.2) is 32.7 Å².